The average molecular weight is 419 g/mol. The molecule has 0 unspecified atom stereocenters. The Morgan fingerprint density at radius 1 is 1.23 bits per heavy atom. The van der Waals surface area contributed by atoms with Gasteiger partial charge in [0.2, 0.25) is 12.2 Å². The molecule has 2 aromatic heterocycles. The lowest BCUT2D eigenvalue weighted by Gasteiger charge is -2.11. The third-order valence-electron chi connectivity index (χ3n) is 4.76. The van der Waals surface area contributed by atoms with E-state index in [0.29, 0.717) is 34.8 Å². The van der Waals surface area contributed by atoms with E-state index in [2.05, 4.69) is 22.1 Å². The minimum Gasteiger partial charge on any atom is -0.481 e. The summed E-state index contributed by atoms with van der Waals surface area (Å²) in [6, 6.07) is 8.74. The molecule has 0 aliphatic carbocycles. The number of pyridine rings is 2. The van der Waals surface area contributed by atoms with Gasteiger partial charge in [-0.05, 0) is 38.1 Å². The first-order chi connectivity index (χ1) is 15.1. The number of carbonyl (C=O) groups excluding carboxylic acids is 1. The van der Waals surface area contributed by atoms with E-state index in [1.165, 1.54) is 0 Å². The molecule has 0 spiro atoms. The number of aryl methyl sites for hydroxylation is 2. The summed E-state index contributed by atoms with van der Waals surface area (Å²) in [4.78, 5) is 29.7. The molecule has 1 aliphatic rings. The fourth-order valence-electron chi connectivity index (χ4n) is 3.18. The third kappa shape index (κ3) is 4.31. The van der Waals surface area contributed by atoms with Crippen molar-refractivity contribution in [1.29, 1.82) is 0 Å². The van der Waals surface area contributed by atoms with Gasteiger partial charge in [-0.2, -0.15) is 0 Å². The molecular weight excluding hydrogens is 398 g/mol. The van der Waals surface area contributed by atoms with Gasteiger partial charge in [0.15, 0.2) is 11.5 Å². The first-order valence-electron chi connectivity index (χ1n) is 9.84. The van der Waals surface area contributed by atoms with Gasteiger partial charge in [-0.3, -0.25) is 9.59 Å². The van der Waals surface area contributed by atoms with Crippen LogP contribution in [0.4, 0.5) is 0 Å². The number of aromatic nitrogens is 2. The van der Waals surface area contributed by atoms with E-state index in [1.807, 2.05) is 13.8 Å². The molecule has 0 radical (unpaired) electrons. The summed E-state index contributed by atoms with van der Waals surface area (Å²) in [5.41, 5.74) is 1.11. The molecule has 1 N–H and O–H groups in total. The summed E-state index contributed by atoms with van der Waals surface area (Å²) in [6.45, 7) is 4.83. The Bertz CT molecular complexity index is 1270. The van der Waals surface area contributed by atoms with Gasteiger partial charge < -0.3 is 24.1 Å². The van der Waals surface area contributed by atoms with E-state index in [4.69, 9.17) is 14.2 Å². The number of nitrogens with one attached hydrogen (secondary N) is 1. The van der Waals surface area contributed by atoms with Crippen molar-refractivity contribution in [1.82, 2.24) is 14.9 Å². The number of hydrogen-bond donors (Lipinski definition) is 1. The van der Waals surface area contributed by atoms with Gasteiger partial charge in [0.1, 0.15) is 23.6 Å². The van der Waals surface area contributed by atoms with Crippen LogP contribution < -0.4 is 25.0 Å². The van der Waals surface area contributed by atoms with Crippen molar-refractivity contribution < 1.29 is 19.0 Å². The van der Waals surface area contributed by atoms with Gasteiger partial charge in [-0.15, -0.1) is 0 Å². The first kappa shape index (κ1) is 20.3. The molecule has 4 rings (SSSR count). The number of rotatable bonds is 5. The number of amides is 1. The fraction of sp³-hybridized carbons (Fsp3) is 0.261. The molecule has 0 atom stereocenters. The monoisotopic (exact) mass is 419 g/mol. The number of benzene rings is 1. The average Bonchev–Trinajstić information content (AvgIpc) is 3.24. The third-order valence-corrected chi connectivity index (χ3v) is 4.76. The zero-order valence-corrected chi connectivity index (χ0v) is 17.2. The van der Waals surface area contributed by atoms with Crippen molar-refractivity contribution in [2.75, 3.05) is 19.9 Å². The van der Waals surface area contributed by atoms with Crippen molar-refractivity contribution in [3.63, 3.8) is 0 Å². The second-order valence-electron chi connectivity index (χ2n) is 6.82. The first-order valence-corrected chi connectivity index (χ1v) is 9.84. The number of carbonyl (C=O) groups is 1. The maximum atomic E-state index is 12.7. The number of ether oxygens (including phenoxy) is 3. The standard InChI is InChI=1S/C23H21N3O5/c1-3-26-13-18(21(27)17-8-6-15(2)25-22(17)26)23(28)24-10-4-5-11-29-16-7-9-19-20(12-16)31-14-30-19/h6-9,12-13H,3,10-11,14H2,1-2H3,(H,24,28). The highest BCUT2D eigenvalue weighted by Crippen LogP contribution is 2.34. The fourth-order valence-corrected chi connectivity index (χ4v) is 3.18. The van der Waals surface area contributed by atoms with Crippen molar-refractivity contribution in [2.24, 2.45) is 0 Å². The Kier molecular flexibility index (Phi) is 5.76. The zero-order chi connectivity index (χ0) is 21.8. The van der Waals surface area contributed by atoms with Crippen LogP contribution in [0.5, 0.6) is 17.2 Å². The molecule has 158 valence electrons. The minimum absolute atomic E-state index is 0.0680. The van der Waals surface area contributed by atoms with Crippen molar-refractivity contribution in [3.8, 4) is 29.1 Å². The summed E-state index contributed by atoms with van der Waals surface area (Å²) in [5, 5.41) is 3.08. The highest BCUT2D eigenvalue weighted by Gasteiger charge is 2.16. The summed E-state index contributed by atoms with van der Waals surface area (Å²) in [6.07, 6.45) is 1.54. The predicted molar refractivity (Wildman–Crippen MR) is 115 cm³/mol. The smallest absolute Gasteiger partial charge is 0.257 e. The largest absolute Gasteiger partial charge is 0.481 e. The van der Waals surface area contributed by atoms with Crippen LogP contribution in [0, 0.1) is 18.8 Å². The van der Waals surface area contributed by atoms with E-state index in [0.717, 1.165) is 5.69 Å². The molecule has 8 heteroatoms. The van der Waals surface area contributed by atoms with Crippen LogP contribution in [-0.4, -0.2) is 35.4 Å². The Hall–Kier alpha value is -3.99. The van der Waals surface area contributed by atoms with Gasteiger partial charge in [0.25, 0.3) is 5.91 Å². The van der Waals surface area contributed by atoms with Crippen LogP contribution in [0.1, 0.15) is 23.0 Å². The number of fused-ring (bicyclic) bond motifs is 2. The number of nitrogens with zero attached hydrogens (tertiary/aromatic N) is 2. The SMILES string of the molecule is CCn1cc(C(=O)NCC#CCOc2ccc3c(c2)OCO3)c(=O)c2ccc(C)nc21. The molecule has 1 aromatic carbocycles. The number of hydrogen-bond acceptors (Lipinski definition) is 6. The lowest BCUT2D eigenvalue weighted by atomic mass is 10.1. The molecule has 3 aromatic rings. The van der Waals surface area contributed by atoms with E-state index in [9.17, 15) is 9.59 Å². The molecule has 1 amide bonds. The Labute approximate surface area is 178 Å². The molecule has 1 aliphatic heterocycles. The highest BCUT2D eigenvalue weighted by molar-refractivity contribution is 5.97. The van der Waals surface area contributed by atoms with Gasteiger partial charge in [-0.1, -0.05) is 11.8 Å². The van der Waals surface area contributed by atoms with Crippen molar-refractivity contribution in [3.05, 3.63) is 58.0 Å². The topological polar surface area (TPSA) is 91.7 Å². The predicted octanol–water partition coefficient (Wildman–Crippen LogP) is 2.27. The van der Waals surface area contributed by atoms with Crippen LogP contribution in [0.25, 0.3) is 11.0 Å². The second kappa shape index (κ2) is 8.79. The van der Waals surface area contributed by atoms with Crippen LogP contribution in [0.15, 0.2) is 41.3 Å². The normalized spacial score (nSPS) is 11.7. The maximum absolute atomic E-state index is 12.7. The van der Waals surface area contributed by atoms with Crippen LogP contribution in [0.3, 0.4) is 0 Å². The van der Waals surface area contributed by atoms with Gasteiger partial charge in [0.05, 0.1) is 11.9 Å². The Morgan fingerprint density at radius 3 is 2.90 bits per heavy atom. The van der Waals surface area contributed by atoms with Gasteiger partial charge >= 0.3 is 0 Å². The Morgan fingerprint density at radius 2 is 2.06 bits per heavy atom. The lowest BCUT2D eigenvalue weighted by Crippen LogP contribution is -2.30. The van der Waals surface area contributed by atoms with Crippen LogP contribution in [0.2, 0.25) is 0 Å². The second-order valence-corrected chi connectivity index (χ2v) is 6.82. The molecule has 0 bridgehead atoms. The molecular formula is C23H21N3O5. The van der Waals surface area contributed by atoms with Crippen LogP contribution in [-0.2, 0) is 6.54 Å². The van der Waals surface area contributed by atoms with Crippen molar-refractivity contribution >= 4 is 16.9 Å². The van der Waals surface area contributed by atoms with E-state index >= 15 is 0 Å². The van der Waals surface area contributed by atoms with E-state index in [-0.39, 0.29) is 30.9 Å². The van der Waals surface area contributed by atoms with E-state index in [1.54, 1.807) is 41.1 Å². The molecule has 0 fully saturated rings. The van der Waals surface area contributed by atoms with Gasteiger partial charge in [0, 0.05) is 24.5 Å². The van der Waals surface area contributed by atoms with E-state index < -0.39 is 5.91 Å². The summed E-state index contributed by atoms with van der Waals surface area (Å²) < 4.78 is 17.9. The molecule has 8 nitrogen and oxygen atoms in total. The molecule has 0 saturated carbocycles. The zero-order valence-electron chi connectivity index (χ0n) is 17.2. The van der Waals surface area contributed by atoms with Gasteiger partial charge in [-0.25, -0.2) is 4.98 Å². The minimum atomic E-state index is -0.472. The summed E-state index contributed by atoms with van der Waals surface area (Å²) in [7, 11) is 0. The Balaban J connectivity index is 1.37. The maximum Gasteiger partial charge on any atom is 0.257 e. The quantitative estimate of drug-likeness (QED) is 0.638. The summed E-state index contributed by atoms with van der Waals surface area (Å²) >= 11 is 0. The molecule has 3 heterocycles. The molecule has 31 heavy (non-hydrogen) atoms. The lowest BCUT2D eigenvalue weighted by molar-refractivity contribution is 0.0957. The molecule has 0 saturated heterocycles. The van der Waals surface area contributed by atoms with Crippen LogP contribution >= 0.6 is 0 Å². The van der Waals surface area contributed by atoms with Crippen molar-refractivity contribution in [2.45, 2.75) is 20.4 Å². The highest BCUT2D eigenvalue weighted by atomic mass is 16.7. The summed E-state index contributed by atoms with van der Waals surface area (Å²) in [5.74, 6) is 7.11.